The first-order valence-electron chi connectivity index (χ1n) is 10.6. The smallest absolute Gasteiger partial charge is 0.270 e. The summed E-state index contributed by atoms with van der Waals surface area (Å²) in [6.07, 6.45) is 0. The van der Waals surface area contributed by atoms with E-state index in [0.717, 1.165) is 36.2 Å². The van der Waals surface area contributed by atoms with Crippen LogP contribution in [0.3, 0.4) is 0 Å². The lowest BCUT2D eigenvalue weighted by molar-refractivity contribution is 0.0626. The molecule has 0 aliphatic carbocycles. The van der Waals surface area contributed by atoms with E-state index in [9.17, 15) is 9.59 Å². The van der Waals surface area contributed by atoms with E-state index in [-0.39, 0.29) is 16.9 Å². The van der Waals surface area contributed by atoms with Crippen molar-refractivity contribution < 1.29 is 4.79 Å². The summed E-state index contributed by atoms with van der Waals surface area (Å²) in [6.45, 7) is 10.4. The predicted molar refractivity (Wildman–Crippen MR) is 123 cm³/mol. The highest BCUT2D eigenvalue weighted by atomic mass is 35.5. The predicted octanol–water partition coefficient (Wildman–Crippen LogP) is 3.13. The van der Waals surface area contributed by atoms with Gasteiger partial charge in [0.15, 0.2) is 0 Å². The van der Waals surface area contributed by atoms with E-state index in [1.807, 2.05) is 29.2 Å². The van der Waals surface area contributed by atoms with Crippen LogP contribution in [0.25, 0.3) is 10.9 Å². The molecule has 0 atom stereocenters. The minimum absolute atomic E-state index is 0.00253. The number of fused-ring (bicyclic) bond motifs is 1. The van der Waals surface area contributed by atoms with Crippen molar-refractivity contribution in [3.05, 3.63) is 63.2 Å². The van der Waals surface area contributed by atoms with Gasteiger partial charge in [0.1, 0.15) is 5.69 Å². The van der Waals surface area contributed by atoms with Crippen molar-refractivity contribution in [3.8, 4) is 0 Å². The summed E-state index contributed by atoms with van der Waals surface area (Å²) in [4.78, 5) is 32.4. The van der Waals surface area contributed by atoms with Crippen molar-refractivity contribution in [2.45, 2.75) is 32.7 Å². The molecule has 0 saturated carbocycles. The molecule has 31 heavy (non-hydrogen) atoms. The molecule has 8 heteroatoms. The zero-order chi connectivity index (χ0) is 22.2. The average molecular weight is 442 g/mol. The van der Waals surface area contributed by atoms with Gasteiger partial charge in [-0.05, 0) is 30.3 Å². The maximum atomic E-state index is 12.9. The molecule has 1 amide bonds. The van der Waals surface area contributed by atoms with Gasteiger partial charge in [-0.2, -0.15) is 5.10 Å². The second-order valence-electron chi connectivity index (χ2n) is 9.08. The first-order chi connectivity index (χ1) is 14.7. The van der Waals surface area contributed by atoms with E-state index in [2.05, 4.69) is 35.8 Å². The van der Waals surface area contributed by atoms with Crippen molar-refractivity contribution in [2.75, 3.05) is 32.7 Å². The lowest BCUT2D eigenvalue weighted by Gasteiger charge is -2.34. The minimum atomic E-state index is -0.102. The number of carbonyl (C=O) groups is 1. The summed E-state index contributed by atoms with van der Waals surface area (Å²) in [7, 11) is 0. The summed E-state index contributed by atoms with van der Waals surface area (Å²) in [5.41, 5.74) is 2.21. The van der Waals surface area contributed by atoms with E-state index < -0.39 is 0 Å². The van der Waals surface area contributed by atoms with E-state index in [4.69, 9.17) is 11.6 Å². The Balaban J connectivity index is 1.34. The van der Waals surface area contributed by atoms with Gasteiger partial charge in [-0.25, -0.2) is 4.68 Å². The Labute approximate surface area is 186 Å². The highest BCUT2D eigenvalue weighted by Crippen LogP contribution is 2.21. The number of nitrogens with zero attached hydrogens (tertiary/aromatic N) is 4. The third-order valence-electron chi connectivity index (χ3n) is 5.74. The van der Waals surface area contributed by atoms with Crippen LogP contribution in [0.1, 0.15) is 37.0 Å². The van der Waals surface area contributed by atoms with Crippen LogP contribution in [0.4, 0.5) is 0 Å². The second kappa shape index (κ2) is 8.48. The molecule has 0 unspecified atom stereocenters. The standard InChI is InChI=1S/C23H28ClN5O2/c1-23(2,3)20-6-7-21(30)29(26-20)13-10-27-8-11-28(12-9-27)22(31)19-15-16-14-17(24)4-5-18(16)25-19/h4-7,14-15,25H,8-13H2,1-3H3. The number of carbonyl (C=O) groups excluding carboxylic acids is 1. The fraction of sp³-hybridized carbons (Fsp3) is 0.435. The van der Waals surface area contributed by atoms with Crippen molar-refractivity contribution in [2.24, 2.45) is 0 Å². The first-order valence-corrected chi connectivity index (χ1v) is 11.0. The Kier molecular flexibility index (Phi) is 5.90. The van der Waals surface area contributed by atoms with Gasteiger partial charge in [0, 0.05) is 60.1 Å². The van der Waals surface area contributed by atoms with Gasteiger partial charge in [0.2, 0.25) is 0 Å². The molecule has 4 rings (SSSR count). The van der Waals surface area contributed by atoms with E-state index >= 15 is 0 Å². The van der Waals surface area contributed by atoms with Crippen LogP contribution in [0, 0.1) is 0 Å². The number of hydrogen-bond donors (Lipinski definition) is 1. The van der Waals surface area contributed by atoms with E-state index in [1.54, 1.807) is 16.8 Å². The van der Waals surface area contributed by atoms with Gasteiger partial charge in [-0.15, -0.1) is 0 Å². The van der Waals surface area contributed by atoms with Crippen LogP contribution in [0.5, 0.6) is 0 Å². The fourth-order valence-electron chi connectivity index (χ4n) is 3.81. The van der Waals surface area contributed by atoms with Crippen molar-refractivity contribution in [3.63, 3.8) is 0 Å². The van der Waals surface area contributed by atoms with E-state index in [1.165, 1.54) is 0 Å². The van der Waals surface area contributed by atoms with Gasteiger partial charge in [-0.1, -0.05) is 32.4 Å². The first kappa shape index (κ1) is 21.6. The topological polar surface area (TPSA) is 74.2 Å². The maximum Gasteiger partial charge on any atom is 0.270 e. The number of hydrogen-bond acceptors (Lipinski definition) is 4. The molecule has 2 aromatic heterocycles. The third kappa shape index (κ3) is 4.83. The zero-order valence-corrected chi connectivity index (χ0v) is 18.9. The molecule has 1 aromatic carbocycles. The monoisotopic (exact) mass is 441 g/mol. The molecule has 0 bridgehead atoms. The van der Waals surface area contributed by atoms with E-state index in [0.29, 0.717) is 30.4 Å². The fourth-order valence-corrected chi connectivity index (χ4v) is 3.99. The summed E-state index contributed by atoms with van der Waals surface area (Å²) in [6, 6.07) is 10.8. The third-order valence-corrected chi connectivity index (χ3v) is 5.97. The van der Waals surface area contributed by atoms with Crippen molar-refractivity contribution in [1.29, 1.82) is 0 Å². The molecule has 1 aliphatic heterocycles. The SMILES string of the molecule is CC(C)(C)c1ccc(=O)n(CCN2CCN(C(=O)c3cc4cc(Cl)ccc4[nH]3)CC2)n1. The number of amides is 1. The summed E-state index contributed by atoms with van der Waals surface area (Å²) < 4.78 is 1.55. The molecular weight excluding hydrogens is 414 g/mol. The van der Waals surface area contributed by atoms with Crippen LogP contribution in [-0.4, -0.2) is 63.2 Å². The average Bonchev–Trinajstić information content (AvgIpc) is 3.15. The number of halogens is 1. The molecule has 1 fully saturated rings. The molecule has 7 nitrogen and oxygen atoms in total. The number of nitrogens with one attached hydrogen (secondary N) is 1. The number of piperazine rings is 1. The Morgan fingerprint density at radius 1 is 1.06 bits per heavy atom. The largest absolute Gasteiger partial charge is 0.351 e. The van der Waals surface area contributed by atoms with Crippen LogP contribution in [-0.2, 0) is 12.0 Å². The highest BCUT2D eigenvalue weighted by Gasteiger charge is 2.23. The number of rotatable bonds is 4. The molecule has 1 N–H and O–H groups in total. The highest BCUT2D eigenvalue weighted by molar-refractivity contribution is 6.31. The van der Waals surface area contributed by atoms with Crippen LogP contribution in [0.2, 0.25) is 5.02 Å². The molecule has 1 aliphatic rings. The number of aromatic nitrogens is 3. The van der Waals surface area contributed by atoms with Crippen molar-refractivity contribution in [1.82, 2.24) is 24.6 Å². The number of aromatic amines is 1. The van der Waals surface area contributed by atoms with Crippen LogP contribution >= 0.6 is 11.6 Å². The van der Waals surface area contributed by atoms with Gasteiger partial charge in [0.05, 0.1) is 12.2 Å². The summed E-state index contributed by atoms with van der Waals surface area (Å²) in [5, 5.41) is 6.13. The quantitative estimate of drug-likeness (QED) is 0.675. The Bertz CT molecular complexity index is 1150. The summed E-state index contributed by atoms with van der Waals surface area (Å²) >= 11 is 6.05. The molecule has 3 heterocycles. The Morgan fingerprint density at radius 3 is 2.52 bits per heavy atom. The van der Waals surface area contributed by atoms with Gasteiger partial charge < -0.3 is 9.88 Å². The number of benzene rings is 1. The lowest BCUT2D eigenvalue weighted by atomic mass is 9.92. The van der Waals surface area contributed by atoms with Gasteiger partial charge >= 0.3 is 0 Å². The Morgan fingerprint density at radius 2 is 1.81 bits per heavy atom. The van der Waals surface area contributed by atoms with Gasteiger partial charge in [-0.3, -0.25) is 14.5 Å². The van der Waals surface area contributed by atoms with Crippen LogP contribution < -0.4 is 5.56 Å². The summed E-state index contributed by atoms with van der Waals surface area (Å²) in [5.74, 6) is 0.00253. The normalized spacial score (nSPS) is 15.5. The maximum absolute atomic E-state index is 12.9. The zero-order valence-electron chi connectivity index (χ0n) is 18.2. The van der Waals surface area contributed by atoms with Crippen LogP contribution in [0.15, 0.2) is 41.2 Å². The molecule has 3 aromatic rings. The minimum Gasteiger partial charge on any atom is -0.351 e. The molecular formula is C23H28ClN5O2. The second-order valence-corrected chi connectivity index (χ2v) is 9.51. The number of H-pyrrole nitrogens is 1. The molecule has 0 spiro atoms. The molecule has 1 saturated heterocycles. The molecule has 164 valence electrons. The van der Waals surface area contributed by atoms with Gasteiger partial charge in [0.25, 0.3) is 11.5 Å². The Hall–Kier alpha value is -2.64. The lowest BCUT2D eigenvalue weighted by Crippen LogP contribution is -2.49. The molecule has 0 radical (unpaired) electrons. The van der Waals surface area contributed by atoms with Crippen molar-refractivity contribution >= 4 is 28.4 Å².